The Balaban J connectivity index is 1.65. The van der Waals surface area contributed by atoms with E-state index in [0.29, 0.717) is 56.3 Å². The fourth-order valence-electron chi connectivity index (χ4n) is 4.99. The van der Waals surface area contributed by atoms with Crippen LogP contribution in [0, 0.1) is 11.8 Å². The molecule has 0 unspecified atom stereocenters. The number of carbonyl (C=O) groups excluding carboxylic acids is 2. The monoisotopic (exact) mass is 535 g/mol. The number of carbonyl (C=O) groups is 2. The van der Waals surface area contributed by atoms with E-state index >= 15 is 0 Å². The quantitative estimate of drug-likeness (QED) is 0.0612. The van der Waals surface area contributed by atoms with E-state index in [-0.39, 0.29) is 42.0 Å². The first kappa shape index (κ1) is 32.1. The third kappa shape index (κ3) is 12.6. The van der Waals surface area contributed by atoms with Crippen LogP contribution in [0.5, 0.6) is 5.75 Å². The molecule has 0 aromatic heterocycles. The number of allylic oxidation sites excluding steroid dienone is 2. The van der Waals surface area contributed by atoms with Crippen LogP contribution in [0.1, 0.15) is 96.0 Å². The molecule has 1 fully saturated rings. The average Bonchev–Trinajstić information content (AvgIpc) is 3.15. The van der Waals surface area contributed by atoms with Crippen LogP contribution in [0.15, 0.2) is 36.4 Å². The Morgan fingerprint density at radius 3 is 2.34 bits per heavy atom. The second kappa shape index (κ2) is 18.2. The van der Waals surface area contributed by atoms with Crippen molar-refractivity contribution in [2.24, 2.45) is 11.8 Å². The SMILES string of the molecule is CCCCCCCC(=O)CC[C@@H]1[C@@H](C/C=C\CCCC(=O)Oc2ccc(CON(O)O)cc2)[C@@H](O)C[C@H]1O. The van der Waals surface area contributed by atoms with Crippen molar-refractivity contribution in [3.8, 4) is 5.75 Å². The first-order valence-electron chi connectivity index (χ1n) is 13.9. The van der Waals surface area contributed by atoms with Crippen molar-refractivity contribution in [2.45, 2.75) is 109 Å². The molecule has 4 N–H and O–H groups in total. The molecule has 1 aromatic carbocycles. The lowest BCUT2D eigenvalue weighted by atomic mass is 9.86. The molecule has 2 rings (SSSR count). The summed E-state index contributed by atoms with van der Waals surface area (Å²) in [6, 6.07) is 6.52. The highest BCUT2D eigenvalue weighted by Gasteiger charge is 2.40. The van der Waals surface area contributed by atoms with Crippen LogP contribution in [0.2, 0.25) is 0 Å². The molecule has 4 atom stereocenters. The first-order valence-corrected chi connectivity index (χ1v) is 13.9. The van der Waals surface area contributed by atoms with Crippen molar-refractivity contribution in [1.82, 2.24) is 5.39 Å². The van der Waals surface area contributed by atoms with E-state index in [0.717, 1.165) is 12.8 Å². The summed E-state index contributed by atoms with van der Waals surface area (Å²) in [5.74, 6) is 0.172. The topological polar surface area (TPSA) is 137 Å². The van der Waals surface area contributed by atoms with Gasteiger partial charge in [-0.25, -0.2) is 4.84 Å². The number of ether oxygens (including phenoxy) is 1. The van der Waals surface area contributed by atoms with E-state index in [1.54, 1.807) is 24.3 Å². The lowest BCUT2D eigenvalue weighted by Crippen LogP contribution is -2.22. The maximum absolute atomic E-state index is 12.3. The van der Waals surface area contributed by atoms with Gasteiger partial charge < -0.3 is 14.9 Å². The number of benzene rings is 1. The molecule has 0 bridgehead atoms. The number of Topliss-reactive ketones (excluding diaryl/α,β-unsaturated/α-hetero) is 1. The zero-order chi connectivity index (χ0) is 27.8. The van der Waals surface area contributed by atoms with Crippen molar-refractivity contribution >= 4 is 11.8 Å². The smallest absolute Gasteiger partial charge is 0.311 e. The van der Waals surface area contributed by atoms with Crippen LogP contribution >= 0.6 is 0 Å². The maximum atomic E-state index is 12.3. The van der Waals surface area contributed by atoms with E-state index in [4.69, 9.17) is 15.2 Å². The Hall–Kier alpha value is -2.14. The van der Waals surface area contributed by atoms with Crippen molar-refractivity contribution in [3.05, 3.63) is 42.0 Å². The van der Waals surface area contributed by atoms with Gasteiger partial charge in [0.2, 0.25) is 0 Å². The van der Waals surface area contributed by atoms with Crippen LogP contribution < -0.4 is 4.74 Å². The van der Waals surface area contributed by atoms with Gasteiger partial charge in [-0.05, 0) is 68.1 Å². The number of hydrogen-bond acceptors (Lipinski definition) is 9. The van der Waals surface area contributed by atoms with E-state index in [1.165, 1.54) is 19.3 Å². The molecular weight excluding hydrogens is 490 g/mol. The molecule has 0 saturated heterocycles. The van der Waals surface area contributed by atoms with Gasteiger partial charge >= 0.3 is 5.97 Å². The predicted molar refractivity (Wildman–Crippen MR) is 141 cm³/mol. The molecule has 0 radical (unpaired) electrons. The molecule has 9 nitrogen and oxygen atoms in total. The summed E-state index contributed by atoms with van der Waals surface area (Å²) in [6.45, 7) is 2.13. The minimum absolute atomic E-state index is 0.0392. The van der Waals surface area contributed by atoms with Gasteiger partial charge in [0.25, 0.3) is 0 Å². The van der Waals surface area contributed by atoms with Crippen LogP contribution in [0.4, 0.5) is 0 Å². The summed E-state index contributed by atoms with van der Waals surface area (Å²) < 4.78 is 5.31. The van der Waals surface area contributed by atoms with Crippen molar-refractivity contribution in [1.29, 1.82) is 0 Å². The second-order valence-corrected chi connectivity index (χ2v) is 10.2. The van der Waals surface area contributed by atoms with Crippen molar-refractivity contribution in [3.63, 3.8) is 0 Å². The van der Waals surface area contributed by atoms with Gasteiger partial charge in [0.1, 0.15) is 11.5 Å². The van der Waals surface area contributed by atoms with Crippen molar-refractivity contribution in [2.75, 3.05) is 0 Å². The highest BCUT2D eigenvalue weighted by Crippen LogP contribution is 2.38. The normalized spacial score (nSPS) is 21.4. The minimum atomic E-state index is -0.573. The average molecular weight is 536 g/mol. The molecule has 9 heteroatoms. The molecule has 1 aliphatic rings. The third-order valence-corrected chi connectivity index (χ3v) is 7.17. The molecule has 214 valence electrons. The van der Waals surface area contributed by atoms with Crippen LogP contribution in [-0.4, -0.2) is 50.0 Å². The standard InChI is InChI=1S/C29H45NO8/c1-2-3-4-5-8-11-23(31)16-19-26-25(27(32)20-28(26)33)12-9-6-7-10-13-29(34)38-24-17-14-22(15-18-24)21-37-30(35)36/h6,9,14-15,17-18,25-28,32-33,35-36H,2-5,7-8,10-13,16,19-21H2,1H3/b9-6-/t25-,26-,27+,28-/m1/s1. The van der Waals surface area contributed by atoms with Gasteiger partial charge in [0.05, 0.1) is 24.2 Å². The Morgan fingerprint density at radius 1 is 0.921 bits per heavy atom. The summed E-state index contributed by atoms with van der Waals surface area (Å²) in [6.07, 6.45) is 12.7. The Morgan fingerprint density at radius 2 is 1.63 bits per heavy atom. The summed E-state index contributed by atoms with van der Waals surface area (Å²) >= 11 is 0. The summed E-state index contributed by atoms with van der Waals surface area (Å²) in [5.41, 5.74) is 0.676. The zero-order valence-electron chi connectivity index (χ0n) is 22.5. The van der Waals surface area contributed by atoms with Gasteiger partial charge in [-0.3, -0.25) is 20.0 Å². The molecule has 1 aliphatic carbocycles. The molecule has 0 aliphatic heterocycles. The number of aliphatic hydroxyl groups is 2. The Kier molecular flexibility index (Phi) is 15.4. The van der Waals surface area contributed by atoms with E-state index < -0.39 is 12.2 Å². The predicted octanol–water partition coefficient (Wildman–Crippen LogP) is 5.29. The van der Waals surface area contributed by atoms with Crippen LogP contribution in [-0.2, 0) is 21.0 Å². The number of nitrogens with zero attached hydrogens (tertiary/aromatic N) is 1. The Bertz CT molecular complexity index is 841. The first-order chi connectivity index (χ1) is 18.3. The minimum Gasteiger partial charge on any atom is -0.427 e. The van der Waals surface area contributed by atoms with Gasteiger partial charge in [0.15, 0.2) is 0 Å². The number of unbranched alkanes of at least 4 members (excludes halogenated alkanes) is 5. The number of rotatable bonds is 19. The van der Waals surface area contributed by atoms with E-state index in [2.05, 4.69) is 11.8 Å². The van der Waals surface area contributed by atoms with Gasteiger partial charge in [-0.15, -0.1) is 0 Å². The number of esters is 1. The van der Waals surface area contributed by atoms with Crippen molar-refractivity contribution < 1.29 is 39.8 Å². The lowest BCUT2D eigenvalue weighted by molar-refractivity contribution is -0.497. The van der Waals surface area contributed by atoms with Gasteiger partial charge in [-0.2, -0.15) is 0 Å². The zero-order valence-corrected chi connectivity index (χ0v) is 22.5. The van der Waals surface area contributed by atoms with Crippen LogP contribution in [0.3, 0.4) is 0 Å². The largest absolute Gasteiger partial charge is 0.427 e. The fourth-order valence-corrected chi connectivity index (χ4v) is 4.99. The Labute approximate surface area is 225 Å². The molecule has 38 heavy (non-hydrogen) atoms. The van der Waals surface area contributed by atoms with E-state index in [1.807, 2.05) is 12.2 Å². The second-order valence-electron chi connectivity index (χ2n) is 10.2. The third-order valence-electron chi connectivity index (χ3n) is 7.17. The molecule has 1 aromatic rings. The summed E-state index contributed by atoms with van der Waals surface area (Å²) in [4.78, 5) is 28.9. The molecule has 0 heterocycles. The highest BCUT2D eigenvalue weighted by atomic mass is 17.1. The fraction of sp³-hybridized carbons (Fsp3) is 0.655. The molecule has 0 spiro atoms. The summed E-state index contributed by atoms with van der Waals surface area (Å²) in [7, 11) is 0. The molecule has 1 saturated carbocycles. The maximum Gasteiger partial charge on any atom is 0.311 e. The highest BCUT2D eigenvalue weighted by molar-refractivity contribution is 5.78. The van der Waals surface area contributed by atoms with E-state index in [9.17, 15) is 19.8 Å². The number of aliphatic hydroxyl groups excluding tert-OH is 2. The van der Waals surface area contributed by atoms with Crippen LogP contribution in [0.25, 0.3) is 0 Å². The van der Waals surface area contributed by atoms with Gasteiger partial charge in [-0.1, -0.05) is 56.9 Å². The lowest BCUT2D eigenvalue weighted by Gasteiger charge is -2.22. The number of hydrogen-bond donors (Lipinski definition) is 4. The number of ketones is 1. The molecule has 0 amide bonds. The van der Waals surface area contributed by atoms with Gasteiger partial charge in [0, 0.05) is 19.3 Å². The molecular formula is C29H45NO8. The summed E-state index contributed by atoms with van der Waals surface area (Å²) in [5, 5.41) is 37.6.